The van der Waals surface area contributed by atoms with Crippen molar-refractivity contribution in [2.45, 2.75) is 9.92 Å². The zero-order valence-corrected chi connectivity index (χ0v) is 10.6. The summed E-state index contributed by atoms with van der Waals surface area (Å²) in [5, 5.41) is 6.05. The summed E-state index contributed by atoms with van der Waals surface area (Å²) in [7, 11) is 1.87. The van der Waals surface area contributed by atoms with E-state index in [0.717, 1.165) is 26.6 Å². The molecule has 90 valence electrons. The molecule has 0 saturated carbocycles. The van der Waals surface area contributed by atoms with Crippen molar-refractivity contribution in [2.24, 2.45) is 7.05 Å². The van der Waals surface area contributed by atoms with E-state index in [9.17, 15) is 0 Å². The van der Waals surface area contributed by atoms with Crippen LogP contribution in [0, 0.1) is 0 Å². The van der Waals surface area contributed by atoms with Crippen LogP contribution in [-0.4, -0.2) is 19.7 Å². The van der Waals surface area contributed by atoms with Crippen molar-refractivity contribution in [3.8, 4) is 0 Å². The molecule has 3 aromatic rings. The summed E-state index contributed by atoms with van der Waals surface area (Å²) in [6.45, 7) is 0. The van der Waals surface area contributed by atoms with E-state index in [1.165, 1.54) is 0 Å². The lowest BCUT2D eigenvalue weighted by atomic mass is 10.3. The predicted octanol–water partition coefficient (Wildman–Crippen LogP) is 2.10. The fourth-order valence-corrected chi connectivity index (χ4v) is 2.52. The standard InChI is InChI=1S/C12H11N5S/c1-17-11-10(6-16-17)12(15-7-14-11)18-9-4-2-8(13)3-5-9/h2-7H,13H2,1H3. The monoisotopic (exact) mass is 257 g/mol. The molecule has 0 aliphatic rings. The summed E-state index contributed by atoms with van der Waals surface area (Å²) >= 11 is 1.58. The van der Waals surface area contributed by atoms with Crippen molar-refractivity contribution in [1.29, 1.82) is 0 Å². The smallest absolute Gasteiger partial charge is 0.162 e. The first-order valence-electron chi connectivity index (χ1n) is 5.40. The first-order valence-corrected chi connectivity index (χ1v) is 6.22. The molecule has 0 amide bonds. The van der Waals surface area contributed by atoms with Gasteiger partial charge in [0.2, 0.25) is 0 Å². The van der Waals surface area contributed by atoms with E-state index >= 15 is 0 Å². The van der Waals surface area contributed by atoms with E-state index in [4.69, 9.17) is 5.73 Å². The van der Waals surface area contributed by atoms with Crippen LogP contribution in [0.2, 0.25) is 0 Å². The maximum atomic E-state index is 5.67. The highest BCUT2D eigenvalue weighted by molar-refractivity contribution is 7.99. The van der Waals surface area contributed by atoms with Crippen LogP contribution in [0.3, 0.4) is 0 Å². The number of nitrogens with zero attached hydrogens (tertiary/aromatic N) is 4. The summed E-state index contributed by atoms with van der Waals surface area (Å²) in [5.74, 6) is 0. The molecule has 5 nitrogen and oxygen atoms in total. The predicted molar refractivity (Wildman–Crippen MR) is 71.3 cm³/mol. The highest BCUT2D eigenvalue weighted by Gasteiger charge is 2.08. The van der Waals surface area contributed by atoms with E-state index in [2.05, 4.69) is 15.1 Å². The van der Waals surface area contributed by atoms with Gasteiger partial charge in [-0.2, -0.15) is 5.10 Å². The second-order valence-electron chi connectivity index (χ2n) is 3.86. The fraction of sp³-hybridized carbons (Fsp3) is 0.0833. The number of hydrogen-bond donors (Lipinski definition) is 1. The number of anilines is 1. The Labute approximate surface area is 108 Å². The molecule has 0 radical (unpaired) electrons. The van der Waals surface area contributed by atoms with Crippen LogP contribution in [0.5, 0.6) is 0 Å². The van der Waals surface area contributed by atoms with Gasteiger partial charge in [0, 0.05) is 17.6 Å². The molecule has 6 heteroatoms. The van der Waals surface area contributed by atoms with Crippen molar-refractivity contribution in [3.05, 3.63) is 36.8 Å². The van der Waals surface area contributed by atoms with Crippen molar-refractivity contribution < 1.29 is 0 Å². The molecule has 0 spiro atoms. The second-order valence-corrected chi connectivity index (χ2v) is 4.92. The van der Waals surface area contributed by atoms with Gasteiger partial charge in [0.1, 0.15) is 11.4 Å². The Kier molecular flexibility index (Phi) is 2.64. The van der Waals surface area contributed by atoms with Gasteiger partial charge in [-0.15, -0.1) is 0 Å². The number of fused-ring (bicyclic) bond motifs is 1. The van der Waals surface area contributed by atoms with Crippen molar-refractivity contribution in [3.63, 3.8) is 0 Å². The highest BCUT2D eigenvalue weighted by Crippen LogP contribution is 2.30. The van der Waals surface area contributed by atoms with Gasteiger partial charge in [-0.05, 0) is 24.3 Å². The first-order chi connectivity index (χ1) is 8.74. The van der Waals surface area contributed by atoms with Gasteiger partial charge in [-0.25, -0.2) is 9.97 Å². The zero-order chi connectivity index (χ0) is 12.5. The van der Waals surface area contributed by atoms with E-state index in [0.29, 0.717) is 0 Å². The molecule has 0 unspecified atom stereocenters. The maximum Gasteiger partial charge on any atom is 0.162 e. The Hall–Kier alpha value is -2.08. The molecule has 18 heavy (non-hydrogen) atoms. The van der Waals surface area contributed by atoms with Gasteiger partial charge in [0.05, 0.1) is 11.6 Å². The number of benzene rings is 1. The van der Waals surface area contributed by atoms with Crippen LogP contribution in [-0.2, 0) is 7.05 Å². The zero-order valence-electron chi connectivity index (χ0n) is 9.74. The molecule has 0 aliphatic carbocycles. The third-order valence-corrected chi connectivity index (χ3v) is 3.61. The molecule has 2 aromatic heterocycles. The second kappa shape index (κ2) is 4.30. The number of nitrogens with two attached hydrogens (primary N) is 1. The number of hydrogen-bond acceptors (Lipinski definition) is 5. The number of nitrogen functional groups attached to an aromatic ring is 1. The van der Waals surface area contributed by atoms with E-state index < -0.39 is 0 Å². The van der Waals surface area contributed by atoms with Crippen LogP contribution in [0.1, 0.15) is 0 Å². The fourth-order valence-electron chi connectivity index (χ4n) is 1.67. The van der Waals surface area contributed by atoms with E-state index in [1.54, 1.807) is 29.0 Å². The van der Waals surface area contributed by atoms with Crippen molar-refractivity contribution in [2.75, 3.05) is 5.73 Å². The molecule has 2 heterocycles. The Morgan fingerprint density at radius 2 is 1.94 bits per heavy atom. The lowest BCUT2D eigenvalue weighted by molar-refractivity contribution is 0.784. The molecule has 2 N–H and O–H groups in total. The lowest BCUT2D eigenvalue weighted by Gasteiger charge is -2.02. The van der Waals surface area contributed by atoms with Gasteiger partial charge >= 0.3 is 0 Å². The number of rotatable bonds is 2. The molecule has 0 saturated heterocycles. The Morgan fingerprint density at radius 1 is 1.17 bits per heavy atom. The van der Waals surface area contributed by atoms with Gasteiger partial charge in [0.15, 0.2) is 5.65 Å². The third-order valence-electron chi connectivity index (χ3n) is 2.59. The van der Waals surface area contributed by atoms with Crippen molar-refractivity contribution >= 4 is 28.5 Å². The maximum absolute atomic E-state index is 5.67. The molecule has 0 fully saturated rings. The van der Waals surface area contributed by atoms with Crippen LogP contribution in [0.15, 0.2) is 46.7 Å². The third kappa shape index (κ3) is 1.91. The molecular weight excluding hydrogens is 246 g/mol. The van der Waals surface area contributed by atoms with E-state index in [-0.39, 0.29) is 0 Å². The van der Waals surface area contributed by atoms with Crippen LogP contribution in [0.25, 0.3) is 11.0 Å². The normalized spacial score (nSPS) is 10.9. The number of aryl methyl sites for hydroxylation is 1. The average Bonchev–Trinajstić information content (AvgIpc) is 2.76. The Balaban J connectivity index is 2.02. The Morgan fingerprint density at radius 3 is 2.72 bits per heavy atom. The molecule has 3 rings (SSSR count). The van der Waals surface area contributed by atoms with Gasteiger partial charge in [-0.1, -0.05) is 11.8 Å². The van der Waals surface area contributed by atoms with Gasteiger partial charge in [0.25, 0.3) is 0 Å². The minimum absolute atomic E-state index is 0.758. The average molecular weight is 257 g/mol. The summed E-state index contributed by atoms with van der Waals surface area (Å²) < 4.78 is 1.74. The van der Waals surface area contributed by atoms with Crippen LogP contribution >= 0.6 is 11.8 Å². The SMILES string of the molecule is Cn1ncc2c(Sc3ccc(N)cc3)ncnc21. The summed E-state index contributed by atoms with van der Waals surface area (Å²) in [4.78, 5) is 9.61. The molecule has 0 atom stereocenters. The number of aromatic nitrogens is 4. The first kappa shape index (κ1) is 11.0. The van der Waals surface area contributed by atoms with Gasteiger partial charge < -0.3 is 5.73 Å². The lowest BCUT2D eigenvalue weighted by Crippen LogP contribution is -1.92. The minimum Gasteiger partial charge on any atom is -0.399 e. The summed E-state index contributed by atoms with van der Waals surface area (Å²) in [6.07, 6.45) is 3.35. The van der Waals surface area contributed by atoms with Crippen molar-refractivity contribution in [1.82, 2.24) is 19.7 Å². The molecule has 0 aliphatic heterocycles. The topological polar surface area (TPSA) is 69.6 Å². The largest absolute Gasteiger partial charge is 0.399 e. The molecule has 0 bridgehead atoms. The summed E-state index contributed by atoms with van der Waals surface area (Å²) in [6, 6.07) is 7.71. The summed E-state index contributed by atoms with van der Waals surface area (Å²) in [5.41, 5.74) is 7.26. The van der Waals surface area contributed by atoms with Crippen LogP contribution in [0.4, 0.5) is 5.69 Å². The van der Waals surface area contributed by atoms with Crippen LogP contribution < -0.4 is 5.73 Å². The quantitative estimate of drug-likeness (QED) is 0.562. The molecular formula is C12H11N5S. The minimum atomic E-state index is 0.758. The molecule has 1 aromatic carbocycles. The Bertz CT molecular complexity index is 689. The highest BCUT2D eigenvalue weighted by atomic mass is 32.2. The van der Waals surface area contributed by atoms with Gasteiger partial charge in [-0.3, -0.25) is 4.68 Å². The van der Waals surface area contributed by atoms with E-state index in [1.807, 2.05) is 31.3 Å².